The van der Waals surface area contributed by atoms with Crippen molar-refractivity contribution in [2.45, 2.75) is 31.6 Å². The summed E-state index contributed by atoms with van der Waals surface area (Å²) in [5.74, 6) is -0.0206. The number of halogens is 1. The topological polar surface area (TPSA) is 34.1 Å². The van der Waals surface area contributed by atoms with Gasteiger partial charge in [0.05, 0.1) is 0 Å². The molecule has 0 bridgehead atoms. The number of ketones is 2. The van der Waals surface area contributed by atoms with Gasteiger partial charge in [-0.2, -0.15) is 0 Å². The second-order valence-corrected chi connectivity index (χ2v) is 4.72. The van der Waals surface area contributed by atoms with Crippen LogP contribution in [0.4, 0.5) is 0 Å². The average Bonchev–Trinajstić information content (AvgIpc) is 2.00. The molecule has 0 heterocycles. The van der Waals surface area contributed by atoms with E-state index < -0.39 is 3.92 Å². The van der Waals surface area contributed by atoms with E-state index in [1.807, 2.05) is 50.3 Å². The lowest BCUT2D eigenvalue weighted by Gasteiger charge is -2.12. The van der Waals surface area contributed by atoms with Crippen LogP contribution in [0.3, 0.4) is 0 Å². The monoisotopic (exact) mass is 282 g/mol. The van der Waals surface area contributed by atoms with Crippen LogP contribution < -0.4 is 0 Å². The molecule has 70 valence electrons. The SMILES string of the molecule is CC(C)C(=O)C(I)C(=O)C(C)C. The summed E-state index contributed by atoms with van der Waals surface area (Å²) in [4.78, 5) is 22.7. The fourth-order valence-corrected chi connectivity index (χ4v) is 2.16. The molecule has 0 aromatic rings. The van der Waals surface area contributed by atoms with Crippen LogP contribution in [0.25, 0.3) is 0 Å². The first-order valence-corrected chi connectivity index (χ1v) is 5.34. The van der Waals surface area contributed by atoms with Crippen molar-refractivity contribution in [2.75, 3.05) is 0 Å². The van der Waals surface area contributed by atoms with Crippen molar-refractivity contribution < 1.29 is 9.59 Å². The molecular formula is C9H15IO2. The summed E-state index contributed by atoms with van der Waals surface area (Å²) in [6.07, 6.45) is 0. The van der Waals surface area contributed by atoms with Crippen LogP contribution in [0, 0.1) is 11.8 Å². The van der Waals surface area contributed by atoms with E-state index in [1.165, 1.54) is 0 Å². The Balaban J connectivity index is 4.30. The molecule has 0 rings (SSSR count). The van der Waals surface area contributed by atoms with Gasteiger partial charge in [0.2, 0.25) is 0 Å². The summed E-state index contributed by atoms with van der Waals surface area (Å²) in [5, 5.41) is 0. The molecule has 0 saturated carbocycles. The number of hydrogen-bond donors (Lipinski definition) is 0. The third-order valence-corrected chi connectivity index (χ3v) is 2.87. The Hall–Kier alpha value is 0.0700. The van der Waals surface area contributed by atoms with Crippen molar-refractivity contribution >= 4 is 34.2 Å². The van der Waals surface area contributed by atoms with Crippen molar-refractivity contribution in [3.05, 3.63) is 0 Å². The Labute approximate surface area is 87.2 Å². The van der Waals surface area contributed by atoms with Crippen molar-refractivity contribution in [3.8, 4) is 0 Å². The Kier molecular flexibility index (Phi) is 4.97. The van der Waals surface area contributed by atoms with E-state index in [2.05, 4.69) is 0 Å². The van der Waals surface area contributed by atoms with Crippen molar-refractivity contribution in [2.24, 2.45) is 11.8 Å². The van der Waals surface area contributed by atoms with E-state index in [-0.39, 0.29) is 23.4 Å². The molecule has 0 amide bonds. The van der Waals surface area contributed by atoms with Gasteiger partial charge in [-0.15, -0.1) is 0 Å². The molecule has 0 atom stereocenters. The Morgan fingerprint density at radius 1 is 0.917 bits per heavy atom. The molecule has 3 heteroatoms. The van der Waals surface area contributed by atoms with Gasteiger partial charge >= 0.3 is 0 Å². The molecule has 0 unspecified atom stereocenters. The van der Waals surface area contributed by atoms with Crippen molar-refractivity contribution in [1.82, 2.24) is 0 Å². The van der Waals surface area contributed by atoms with Crippen LogP contribution in [0.15, 0.2) is 0 Å². The lowest BCUT2D eigenvalue weighted by Crippen LogP contribution is -2.30. The van der Waals surface area contributed by atoms with Gasteiger partial charge in [0.15, 0.2) is 11.6 Å². The van der Waals surface area contributed by atoms with Crippen molar-refractivity contribution in [1.29, 1.82) is 0 Å². The third kappa shape index (κ3) is 3.21. The molecule has 0 saturated heterocycles. The van der Waals surface area contributed by atoms with Crippen molar-refractivity contribution in [3.63, 3.8) is 0 Å². The van der Waals surface area contributed by atoms with Gasteiger partial charge in [-0.25, -0.2) is 0 Å². The van der Waals surface area contributed by atoms with Gasteiger partial charge < -0.3 is 0 Å². The van der Waals surface area contributed by atoms with Gasteiger partial charge in [0.1, 0.15) is 3.92 Å². The maximum Gasteiger partial charge on any atom is 0.155 e. The van der Waals surface area contributed by atoms with E-state index in [4.69, 9.17) is 0 Å². The predicted molar refractivity (Wildman–Crippen MR) is 57.5 cm³/mol. The molecule has 2 nitrogen and oxygen atoms in total. The molecular weight excluding hydrogens is 267 g/mol. The summed E-state index contributed by atoms with van der Waals surface area (Å²) >= 11 is 1.92. The minimum atomic E-state index is -0.456. The summed E-state index contributed by atoms with van der Waals surface area (Å²) < 4.78 is -0.456. The van der Waals surface area contributed by atoms with E-state index in [1.54, 1.807) is 0 Å². The number of carbonyl (C=O) groups excluding carboxylic acids is 2. The first-order valence-electron chi connectivity index (χ1n) is 4.09. The molecule has 0 N–H and O–H groups in total. The van der Waals surface area contributed by atoms with Crippen LogP contribution >= 0.6 is 22.6 Å². The van der Waals surface area contributed by atoms with E-state index in [0.717, 1.165) is 0 Å². The zero-order valence-electron chi connectivity index (χ0n) is 7.93. The number of hydrogen-bond acceptors (Lipinski definition) is 2. The van der Waals surface area contributed by atoms with Crippen LogP contribution in [0.5, 0.6) is 0 Å². The predicted octanol–water partition coefficient (Wildman–Crippen LogP) is 2.24. The summed E-state index contributed by atoms with van der Waals surface area (Å²) in [6.45, 7) is 7.28. The largest absolute Gasteiger partial charge is 0.298 e. The molecule has 0 aliphatic heterocycles. The fraction of sp³-hybridized carbons (Fsp3) is 0.778. The normalized spacial score (nSPS) is 11.3. The first kappa shape index (κ1) is 12.1. The summed E-state index contributed by atoms with van der Waals surface area (Å²) in [5.41, 5.74) is 0. The standard InChI is InChI=1S/C9H15IO2/c1-5(2)8(11)7(10)9(12)6(3)4/h5-7H,1-4H3. The molecule has 0 aliphatic carbocycles. The number of rotatable bonds is 4. The minimum Gasteiger partial charge on any atom is -0.298 e. The van der Waals surface area contributed by atoms with Gasteiger partial charge in [-0.3, -0.25) is 9.59 Å². The second-order valence-electron chi connectivity index (χ2n) is 3.48. The van der Waals surface area contributed by atoms with Crippen LogP contribution in [0.2, 0.25) is 0 Å². The molecule has 0 aromatic heterocycles. The van der Waals surface area contributed by atoms with E-state index >= 15 is 0 Å². The van der Waals surface area contributed by atoms with Gasteiger partial charge in [-0.1, -0.05) is 50.3 Å². The number of alkyl halides is 1. The molecule has 12 heavy (non-hydrogen) atoms. The Bertz CT molecular complexity index is 165. The van der Waals surface area contributed by atoms with Crippen LogP contribution in [-0.4, -0.2) is 15.5 Å². The maximum absolute atomic E-state index is 11.4. The maximum atomic E-state index is 11.4. The highest BCUT2D eigenvalue weighted by atomic mass is 127. The highest BCUT2D eigenvalue weighted by Gasteiger charge is 2.26. The average molecular weight is 282 g/mol. The lowest BCUT2D eigenvalue weighted by molar-refractivity contribution is -0.128. The summed E-state index contributed by atoms with van der Waals surface area (Å²) in [7, 11) is 0. The minimum absolute atomic E-state index is 0.0364. The quantitative estimate of drug-likeness (QED) is 0.450. The Morgan fingerprint density at radius 3 is 1.33 bits per heavy atom. The number of Topliss-reactive ketones (excluding diaryl/α,β-unsaturated/α-hetero) is 2. The number of carbonyl (C=O) groups is 2. The van der Waals surface area contributed by atoms with Gasteiger partial charge in [-0.05, 0) is 0 Å². The third-order valence-electron chi connectivity index (χ3n) is 1.64. The molecule has 0 fully saturated rings. The highest BCUT2D eigenvalue weighted by Crippen LogP contribution is 2.14. The zero-order chi connectivity index (χ0) is 9.89. The Morgan fingerprint density at radius 2 is 1.17 bits per heavy atom. The first-order chi connectivity index (χ1) is 5.37. The van der Waals surface area contributed by atoms with Gasteiger partial charge in [0.25, 0.3) is 0 Å². The smallest absolute Gasteiger partial charge is 0.155 e. The van der Waals surface area contributed by atoms with Crippen LogP contribution in [0.1, 0.15) is 27.7 Å². The highest BCUT2D eigenvalue weighted by molar-refractivity contribution is 14.1. The lowest BCUT2D eigenvalue weighted by atomic mass is 9.98. The van der Waals surface area contributed by atoms with E-state index in [9.17, 15) is 9.59 Å². The molecule has 0 aliphatic rings. The van der Waals surface area contributed by atoms with Gasteiger partial charge in [0, 0.05) is 11.8 Å². The van der Waals surface area contributed by atoms with E-state index in [0.29, 0.717) is 0 Å². The zero-order valence-corrected chi connectivity index (χ0v) is 10.1. The molecule has 0 radical (unpaired) electrons. The summed E-state index contributed by atoms with van der Waals surface area (Å²) in [6, 6.07) is 0. The second kappa shape index (κ2) is 4.94. The fourth-order valence-electron chi connectivity index (χ4n) is 0.726. The molecule has 0 spiro atoms. The molecule has 0 aromatic carbocycles. The van der Waals surface area contributed by atoms with Crippen LogP contribution in [-0.2, 0) is 9.59 Å².